The van der Waals surface area contributed by atoms with E-state index in [0.29, 0.717) is 6.54 Å². The van der Waals surface area contributed by atoms with Crippen LogP contribution in [0.25, 0.3) is 10.2 Å². The van der Waals surface area contributed by atoms with Crippen LogP contribution >= 0.6 is 11.3 Å². The number of thiophene rings is 1. The zero-order valence-corrected chi connectivity index (χ0v) is 11.3. The van der Waals surface area contributed by atoms with E-state index in [9.17, 15) is 4.79 Å². The van der Waals surface area contributed by atoms with Gasteiger partial charge in [-0.2, -0.15) is 0 Å². The molecule has 0 atom stereocenters. The lowest BCUT2D eigenvalue weighted by Gasteiger charge is -2.11. The molecular weight excluding hydrogens is 244 g/mol. The van der Waals surface area contributed by atoms with Crippen molar-refractivity contribution in [3.63, 3.8) is 0 Å². The van der Waals surface area contributed by atoms with Crippen LogP contribution in [0.15, 0.2) is 17.4 Å². The molecule has 2 aromatic rings. The van der Waals surface area contributed by atoms with Gasteiger partial charge in [0, 0.05) is 11.4 Å². The molecule has 0 fully saturated rings. The molecule has 1 aliphatic rings. The predicted molar refractivity (Wildman–Crippen MR) is 75.5 cm³/mol. The van der Waals surface area contributed by atoms with Crippen LogP contribution in [0, 0.1) is 6.92 Å². The number of aromatic nitrogens is 2. The van der Waals surface area contributed by atoms with Crippen molar-refractivity contribution in [2.75, 3.05) is 0 Å². The molecule has 0 unspecified atom stereocenters. The second kappa shape index (κ2) is 4.35. The number of allylic oxidation sites excluding steroid dienone is 1. The number of fused-ring (bicyclic) bond motifs is 3. The Morgan fingerprint density at radius 3 is 3.00 bits per heavy atom. The standard InChI is InChI=1S/C14H16N2OS/c1-3-8-16-9(2)15-13-12(14(16)17)10-6-4-5-7-11(10)18-13/h3H,1,4-8H2,2H3. The van der Waals surface area contributed by atoms with Crippen LogP contribution in [0.5, 0.6) is 0 Å². The molecule has 4 heteroatoms. The summed E-state index contributed by atoms with van der Waals surface area (Å²) in [5.41, 5.74) is 1.37. The van der Waals surface area contributed by atoms with Gasteiger partial charge in [0.1, 0.15) is 10.7 Å². The van der Waals surface area contributed by atoms with Crippen LogP contribution in [-0.2, 0) is 19.4 Å². The van der Waals surface area contributed by atoms with Crippen LogP contribution < -0.4 is 5.56 Å². The van der Waals surface area contributed by atoms with Crippen molar-refractivity contribution in [1.82, 2.24) is 9.55 Å². The molecule has 0 amide bonds. The van der Waals surface area contributed by atoms with Crippen molar-refractivity contribution in [1.29, 1.82) is 0 Å². The predicted octanol–water partition coefficient (Wildman–Crippen LogP) is 2.83. The van der Waals surface area contributed by atoms with Gasteiger partial charge in [0.25, 0.3) is 5.56 Å². The zero-order valence-electron chi connectivity index (χ0n) is 10.5. The topological polar surface area (TPSA) is 34.9 Å². The first-order valence-electron chi connectivity index (χ1n) is 6.35. The molecule has 3 rings (SSSR count). The van der Waals surface area contributed by atoms with Crippen molar-refractivity contribution in [3.8, 4) is 0 Å². The Balaban J connectivity index is 2.35. The summed E-state index contributed by atoms with van der Waals surface area (Å²) in [6.45, 7) is 6.14. The van der Waals surface area contributed by atoms with Crippen LogP contribution in [0.2, 0.25) is 0 Å². The molecule has 0 aliphatic heterocycles. The Kier molecular flexibility index (Phi) is 2.82. The number of nitrogens with zero attached hydrogens (tertiary/aromatic N) is 2. The third-order valence-electron chi connectivity index (χ3n) is 3.58. The van der Waals surface area contributed by atoms with E-state index in [1.807, 2.05) is 6.92 Å². The number of hydrogen-bond donors (Lipinski definition) is 0. The summed E-state index contributed by atoms with van der Waals surface area (Å²) in [7, 11) is 0. The lowest BCUT2D eigenvalue weighted by atomic mass is 9.97. The minimum absolute atomic E-state index is 0.108. The monoisotopic (exact) mass is 260 g/mol. The minimum atomic E-state index is 0.108. The molecule has 0 N–H and O–H groups in total. The van der Waals surface area contributed by atoms with E-state index >= 15 is 0 Å². The second-order valence-electron chi connectivity index (χ2n) is 4.75. The fourth-order valence-corrected chi connectivity index (χ4v) is 3.98. The third-order valence-corrected chi connectivity index (χ3v) is 4.76. The summed E-state index contributed by atoms with van der Waals surface area (Å²) in [6, 6.07) is 0. The summed E-state index contributed by atoms with van der Waals surface area (Å²) in [5.74, 6) is 0.783. The van der Waals surface area contributed by atoms with Crippen LogP contribution in [-0.4, -0.2) is 9.55 Å². The van der Waals surface area contributed by atoms with Crippen LogP contribution in [0.1, 0.15) is 29.1 Å². The van der Waals surface area contributed by atoms with Gasteiger partial charge in [0.05, 0.1) is 5.39 Å². The van der Waals surface area contributed by atoms with Gasteiger partial charge in [0.15, 0.2) is 0 Å². The van der Waals surface area contributed by atoms with Gasteiger partial charge < -0.3 is 0 Å². The highest BCUT2D eigenvalue weighted by Gasteiger charge is 2.20. The molecule has 0 bridgehead atoms. The number of aryl methyl sites for hydroxylation is 3. The highest BCUT2D eigenvalue weighted by molar-refractivity contribution is 7.18. The van der Waals surface area contributed by atoms with Crippen molar-refractivity contribution >= 4 is 21.6 Å². The van der Waals surface area contributed by atoms with E-state index in [2.05, 4.69) is 11.6 Å². The Hall–Kier alpha value is -1.42. The molecule has 1 aliphatic carbocycles. The lowest BCUT2D eigenvalue weighted by molar-refractivity contribution is 0.696. The van der Waals surface area contributed by atoms with Crippen molar-refractivity contribution in [2.45, 2.75) is 39.2 Å². The molecule has 0 saturated heterocycles. The Morgan fingerprint density at radius 2 is 2.22 bits per heavy atom. The fraction of sp³-hybridized carbons (Fsp3) is 0.429. The Labute approximate surface area is 110 Å². The van der Waals surface area contributed by atoms with Gasteiger partial charge in [-0.15, -0.1) is 17.9 Å². The molecule has 3 nitrogen and oxygen atoms in total. The van der Waals surface area contributed by atoms with E-state index in [1.165, 1.54) is 23.3 Å². The van der Waals surface area contributed by atoms with Crippen molar-refractivity contribution < 1.29 is 0 Å². The SMILES string of the molecule is C=CCn1c(C)nc2sc3c(c2c1=O)CCCC3. The number of hydrogen-bond acceptors (Lipinski definition) is 3. The van der Waals surface area contributed by atoms with E-state index < -0.39 is 0 Å². The Morgan fingerprint density at radius 1 is 1.44 bits per heavy atom. The highest BCUT2D eigenvalue weighted by atomic mass is 32.1. The largest absolute Gasteiger partial charge is 0.292 e. The molecule has 0 saturated carbocycles. The fourth-order valence-electron chi connectivity index (χ4n) is 2.68. The molecule has 0 spiro atoms. The van der Waals surface area contributed by atoms with E-state index in [1.54, 1.807) is 22.0 Å². The molecule has 0 aromatic carbocycles. The lowest BCUT2D eigenvalue weighted by Crippen LogP contribution is -2.23. The minimum Gasteiger partial charge on any atom is -0.292 e. The maximum absolute atomic E-state index is 12.6. The third kappa shape index (κ3) is 1.63. The zero-order chi connectivity index (χ0) is 12.7. The molecule has 94 valence electrons. The maximum atomic E-state index is 12.6. The maximum Gasteiger partial charge on any atom is 0.262 e. The van der Waals surface area contributed by atoms with Crippen molar-refractivity contribution in [2.24, 2.45) is 0 Å². The normalized spacial score (nSPS) is 14.7. The van der Waals surface area contributed by atoms with Crippen molar-refractivity contribution in [3.05, 3.63) is 39.3 Å². The second-order valence-corrected chi connectivity index (χ2v) is 5.84. The average Bonchev–Trinajstić information content (AvgIpc) is 2.72. The van der Waals surface area contributed by atoms with Gasteiger partial charge in [-0.05, 0) is 38.2 Å². The highest BCUT2D eigenvalue weighted by Crippen LogP contribution is 2.33. The first-order valence-corrected chi connectivity index (χ1v) is 7.16. The van der Waals surface area contributed by atoms with E-state index in [0.717, 1.165) is 28.9 Å². The number of rotatable bonds is 2. The molecule has 2 aromatic heterocycles. The van der Waals surface area contributed by atoms with Gasteiger partial charge in [0.2, 0.25) is 0 Å². The van der Waals surface area contributed by atoms with Gasteiger partial charge >= 0.3 is 0 Å². The summed E-state index contributed by atoms with van der Waals surface area (Å²) >= 11 is 1.70. The average molecular weight is 260 g/mol. The quantitative estimate of drug-likeness (QED) is 0.778. The summed E-state index contributed by atoms with van der Waals surface area (Å²) in [6.07, 6.45) is 6.31. The first-order chi connectivity index (χ1) is 8.72. The van der Waals surface area contributed by atoms with E-state index in [4.69, 9.17) is 0 Å². The first kappa shape index (κ1) is 11.7. The van der Waals surface area contributed by atoms with Gasteiger partial charge in [-0.25, -0.2) is 4.98 Å². The van der Waals surface area contributed by atoms with Gasteiger partial charge in [-0.1, -0.05) is 6.08 Å². The van der Waals surface area contributed by atoms with Crippen LogP contribution in [0.3, 0.4) is 0 Å². The summed E-state index contributed by atoms with van der Waals surface area (Å²) in [5, 5.41) is 0.863. The molecular formula is C14H16N2OS. The summed E-state index contributed by atoms with van der Waals surface area (Å²) in [4.78, 5) is 19.4. The molecule has 2 heterocycles. The summed E-state index contributed by atoms with van der Waals surface area (Å²) < 4.78 is 1.72. The smallest absolute Gasteiger partial charge is 0.262 e. The molecule has 0 radical (unpaired) electrons. The van der Waals surface area contributed by atoms with Gasteiger partial charge in [-0.3, -0.25) is 9.36 Å². The van der Waals surface area contributed by atoms with E-state index in [-0.39, 0.29) is 5.56 Å². The molecule has 18 heavy (non-hydrogen) atoms. The van der Waals surface area contributed by atoms with Crippen LogP contribution in [0.4, 0.5) is 0 Å². The Bertz CT molecular complexity index is 681.